The van der Waals surface area contributed by atoms with Crippen LogP contribution in [0, 0.1) is 0 Å². The van der Waals surface area contributed by atoms with Gasteiger partial charge >= 0.3 is 0 Å². The van der Waals surface area contributed by atoms with Crippen LogP contribution in [0.25, 0.3) is 10.9 Å². The molecule has 2 aromatic heterocycles. The molecule has 5 heterocycles. The first-order valence-electron chi connectivity index (χ1n) is 13.0. The summed E-state index contributed by atoms with van der Waals surface area (Å²) in [6.07, 6.45) is 4.91. The molecule has 0 aliphatic carbocycles. The molecule has 0 bridgehead atoms. The van der Waals surface area contributed by atoms with Crippen molar-refractivity contribution in [2.75, 3.05) is 50.5 Å². The molecule has 7 nitrogen and oxygen atoms in total. The van der Waals surface area contributed by atoms with Crippen LogP contribution in [-0.4, -0.2) is 77.1 Å². The lowest BCUT2D eigenvalue weighted by atomic mass is 10.0. The number of thioether (sulfide) groups is 1. The van der Waals surface area contributed by atoms with Crippen molar-refractivity contribution in [3.8, 4) is 0 Å². The topological polar surface area (TPSA) is 77.6 Å². The number of rotatable bonds is 7. The van der Waals surface area contributed by atoms with Crippen molar-refractivity contribution in [2.45, 2.75) is 37.4 Å². The van der Waals surface area contributed by atoms with Gasteiger partial charge < -0.3 is 20.4 Å². The summed E-state index contributed by atoms with van der Waals surface area (Å²) < 4.78 is 5.52. The molecule has 1 unspecified atom stereocenters. The molecule has 0 amide bonds. The van der Waals surface area contributed by atoms with Crippen LogP contribution in [0.2, 0.25) is 5.02 Å². The van der Waals surface area contributed by atoms with E-state index in [0.29, 0.717) is 12.1 Å². The van der Waals surface area contributed by atoms with Crippen LogP contribution in [0.5, 0.6) is 0 Å². The number of aromatic amines is 1. The van der Waals surface area contributed by atoms with Crippen molar-refractivity contribution in [3.05, 3.63) is 59.0 Å². The summed E-state index contributed by atoms with van der Waals surface area (Å²) in [5.41, 5.74) is 4.38. The van der Waals surface area contributed by atoms with Gasteiger partial charge in [0.2, 0.25) is 0 Å². The number of H-pyrrole nitrogens is 1. The van der Waals surface area contributed by atoms with E-state index in [-0.39, 0.29) is 6.04 Å². The summed E-state index contributed by atoms with van der Waals surface area (Å²) >= 11 is 8.34. The van der Waals surface area contributed by atoms with Crippen LogP contribution in [-0.2, 0) is 4.74 Å². The zero-order valence-electron chi connectivity index (χ0n) is 20.4. The number of aliphatic imine (C=N–C) groups is 1. The quantitative estimate of drug-likeness (QED) is 0.415. The van der Waals surface area contributed by atoms with E-state index in [1.807, 2.05) is 36.2 Å². The van der Waals surface area contributed by atoms with E-state index >= 15 is 0 Å². The molecule has 0 radical (unpaired) electrons. The lowest BCUT2D eigenvalue weighted by Gasteiger charge is -2.35. The van der Waals surface area contributed by atoms with Gasteiger partial charge in [-0.2, -0.15) is 0 Å². The second-order valence-corrected chi connectivity index (χ2v) is 11.3. The highest BCUT2D eigenvalue weighted by atomic mass is 35.5. The van der Waals surface area contributed by atoms with Gasteiger partial charge in [-0.15, -0.1) is 11.8 Å². The Morgan fingerprint density at radius 2 is 2.03 bits per heavy atom. The molecular weight excluding hydrogens is 492 g/mol. The van der Waals surface area contributed by atoms with Gasteiger partial charge in [0.05, 0.1) is 34.7 Å². The number of anilines is 1. The van der Waals surface area contributed by atoms with E-state index in [2.05, 4.69) is 38.7 Å². The third kappa shape index (κ3) is 5.43. The Labute approximate surface area is 221 Å². The minimum Gasteiger partial charge on any atom is -0.381 e. The van der Waals surface area contributed by atoms with Crippen molar-refractivity contribution in [3.63, 3.8) is 0 Å². The number of ether oxygens (including phenoxy) is 1. The molecule has 190 valence electrons. The van der Waals surface area contributed by atoms with Crippen molar-refractivity contribution >= 4 is 45.0 Å². The third-order valence-electron chi connectivity index (χ3n) is 7.33. The molecule has 3 aliphatic rings. The smallest absolute Gasteiger partial charge is 0.114 e. The number of halogens is 1. The van der Waals surface area contributed by atoms with Gasteiger partial charge in [0.1, 0.15) is 5.04 Å². The minimum atomic E-state index is 0.265. The van der Waals surface area contributed by atoms with Crippen molar-refractivity contribution in [1.29, 1.82) is 0 Å². The van der Waals surface area contributed by atoms with Crippen LogP contribution in [0.3, 0.4) is 0 Å². The molecule has 2 atom stereocenters. The molecule has 2 saturated heterocycles. The first-order chi connectivity index (χ1) is 17.7. The van der Waals surface area contributed by atoms with Crippen molar-refractivity contribution in [2.24, 2.45) is 4.99 Å². The number of benzene rings is 1. The Morgan fingerprint density at radius 3 is 2.83 bits per heavy atom. The Morgan fingerprint density at radius 1 is 1.17 bits per heavy atom. The van der Waals surface area contributed by atoms with Crippen LogP contribution < -0.4 is 10.6 Å². The maximum atomic E-state index is 6.49. The average Bonchev–Trinajstić information content (AvgIpc) is 3.56. The minimum absolute atomic E-state index is 0.265. The fraction of sp³-hybridized carbons (Fsp3) is 0.481. The molecule has 9 heteroatoms. The summed E-state index contributed by atoms with van der Waals surface area (Å²) in [5.74, 6) is 0.994. The Bertz CT molecular complexity index is 1210. The summed E-state index contributed by atoms with van der Waals surface area (Å²) in [6, 6.07) is 13.5. The zero-order chi connectivity index (χ0) is 24.3. The normalized spacial score (nSPS) is 22.6. The van der Waals surface area contributed by atoms with Crippen LogP contribution in [0.15, 0.2) is 47.6 Å². The van der Waals surface area contributed by atoms with Crippen molar-refractivity contribution in [1.82, 2.24) is 20.2 Å². The second kappa shape index (κ2) is 11.1. The predicted octanol–water partition coefficient (Wildman–Crippen LogP) is 4.71. The lowest BCUT2D eigenvalue weighted by Crippen LogP contribution is -2.46. The fourth-order valence-corrected chi connectivity index (χ4v) is 6.74. The van der Waals surface area contributed by atoms with Gasteiger partial charge in [0.25, 0.3) is 0 Å². The number of aromatic nitrogens is 2. The maximum absolute atomic E-state index is 6.49. The Balaban J connectivity index is 1.22. The summed E-state index contributed by atoms with van der Waals surface area (Å²) in [5, 5.41) is 10.1. The monoisotopic (exact) mass is 524 g/mol. The third-order valence-corrected chi connectivity index (χ3v) is 8.70. The summed E-state index contributed by atoms with van der Waals surface area (Å²) in [4.78, 5) is 16.1. The number of fused-ring (bicyclic) bond motifs is 1. The predicted molar refractivity (Wildman–Crippen MR) is 150 cm³/mol. The molecule has 36 heavy (non-hydrogen) atoms. The van der Waals surface area contributed by atoms with Gasteiger partial charge in [-0.1, -0.05) is 17.7 Å². The molecular formula is C27H33ClN6OS. The Hall–Kier alpha value is -2.10. The molecule has 6 rings (SSSR count). The average molecular weight is 525 g/mol. The van der Waals surface area contributed by atoms with Gasteiger partial charge in [-0.25, -0.2) is 0 Å². The largest absolute Gasteiger partial charge is 0.381 e. The van der Waals surface area contributed by atoms with Crippen LogP contribution in [0.1, 0.15) is 36.7 Å². The number of pyridine rings is 1. The molecule has 1 aromatic carbocycles. The fourth-order valence-electron chi connectivity index (χ4n) is 5.46. The molecule has 0 spiro atoms. The molecule has 3 aliphatic heterocycles. The standard InChI is InChI=1S/C27H33ClN6OS/c28-19-13-18-14-24(33-26(18)23(15-19)31-20-4-11-35-12-5-20)27-32-21(17-36-27)16-25(22-3-1-2-6-30-22)34-9-7-29-8-10-34/h1-3,6,13-15,20-21,25,29,31,33H,4-5,7-12,16-17H2/t21-,25?/m0/s1. The highest BCUT2D eigenvalue weighted by molar-refractivity contribution is 8.14. The number of nitrogens with one attached hydrogen (secondary N) is 3. The first kappa shape index (κ1) is 24.2. The summed E-state index contributed by atoms with van der Waals surface area (Å²) in [7, 11) is 0. The zero-order valence-corrected chi connectivity index (χ0v) is 22.0. The van der Waals surface area contributed by atoms with E-state index in [9.17, 15) is 0 Å². The van der Waals surface area contributed by atoms with Crippen LogP contribution >= 0.6 is 23.4 Å². The van der Waals surface area contributed by atoms with Gasteiger partial charge in [0.15, 0.2) is 0 Å². The SMILES string of the molecule is Clc1cc(NC2CCOCC2)c2[nH]c(C3=N[C@@H](CC(c4ccccn4)N4CCNCC4)CS3)cc2c1. The Kier molecular flexibility index (Phi) is 7.48. The van der Waals surface area contributed by atoms with E-state index in [1.165, 1.54) is 0 Å². The molecule has 2 fully saturated rings. The van der Waals surface area contributed by atoms with Crippen LogP contribution in [0.4, 0.5) is 5.69 Å². The molecule has 3 N–H and O–H groups in total. The van der Waals surface area contributed by atoms with E-state index in [1.54, 1.807) is 0 Å². The maximum Gasteiger partial charge on any atom is 0.114 e. The lowest BCUT2D eigenvalue weighted by molar-refractivity contribution is 0.0905. The molecule has 0 saturated carbocycles. The van der Waals surface area contributed by atoms with Gasteiger partial charge in [-0.3, -0.25) is 14.9 Å². The van der Waals surface area contributed by atoms with Gasteiger partial charge in [-0.05, 0) is 49.6 Å². The second-order valence-electron chi connectivity index (χ2n) is 9.82. The highest BCUT2D eigenvalue weighted by Crippen LogP contribution is 2.35. The first-order valence-corrected chi connectivity index (χ1v) is 14.3. The molecule has 3 aromatic rings. The number of hydrogen-bond acceptors (Lipinski definition) is 7. The summed E-state index contributed by atoms with van der Waals surface area (Å²) in [6.45, 7) is 5.75. The number of piperazine rings is 1. The number of nitrogens with zero attached hydrogens (tertiary/aromatic N) is 3. The van der Waals surface area contributed by atoms with E-state index in [0.717, 1.165) is 102 Å². The van der Waals surface area contributed by atoms with E-state index < -0.39 is 0 Å². The number of hydrogen-bond donors (Lipinski definition) is 3. The highest BCUT2D eigenvalue weighted by Gasteiger charge is 2.29. The van der Waals surface area contributed by atoms with Crippen molar-refractivity contribution < 1.29 is 4.74 Å². The van der Waals surface area contributed by atoms with E-state index in [4.69, 9.17) is 26.3 Å². The van der Waals surface area contributed by atoms with Gasteiger partial charge in [0, 0.05) is 67.8 Å².